The molecule has 2 aromatic rings. The molecule has 0 unspecified atom stereocenters. The molecule has 0 amide bonds. The van der Waals surface area contributed by atoms with Gasteiger partial charge in [-0.3, -0.25) is 14.8 Å². The largest absolute Gasteiger partial charge is 0.383 e. The summed E-state index contributed by atoms with van der Waals surface area (Å²) in [6, 6.07) is 4.30. The van der Waals surface area contributed by atoms with Crippen molar-refractivity contribution in [1.82, 2.24) is 24.9 Å². The van der Waals surface area contributed by atoms with Gasteiger partial charge in [0.25, 0.3) is 0 Å². The van der Waals surface area contributed by atoms with Crippen molar-refractivity contribution in [1.29, 1.82) is 0 Å². The number of hydrogen-bond donors (Lipinski definition) is 0. The maximum atomic E-state index is 5.38. The number of aromatic nitrogens is 3. The van der Waals surface area contributed by atoms with Crippen LogP contribution in [0.2, 0.25) is 0 Å². The molecule has 0 radical (unpaired) electrons. The summed E-state index contributed by atoms with van der Waals surface area (Å²) in [5.74, 6) is 1.25. The van der Waals surface area contributed by atoms with E-state index >= 15 is 0 Å². The summed E-state index contributed by atoms with van der Waals surface area (Å²) in [4.78, 5) is 13.4. The van der Waals surface area contributed by atoms with Crippen molar-refractivity contribution in [3.63, 3.8) is 0 Å². The van der Waals surface area contributed by atoms with Gasteiger partial charge >= 0.3 is 0 Å². The van der Waals surface area contributed by atoms with Crippen molar-refractivity contribution in [2.75, 3.05) is 39.9 Å². The monoisotopic (exact) mass is 317 g/mol. The van der Waals surface area contributed by atoms with Gasteiger partial charge in [0, 0.05) is 57.3 Å². The summed E-state index contributed by atoms with van der Waals surface area (Å²) in [5.41, 5.74) is 0.875. The molecule has 0 bridgehead atoms. The number of hydrogen-bond acceptors (Lipinski definition) is 7. The summed E-state index contributed by atoms with van der Waals surface area (Å²) < 4.78 is 10.6. The third-order valence-corrected chi connectivity index (χ3v) is 4.18. The van der Waals surface area contributed by atoms with Gasteiger partial charge in [0.1, 0.15) is 0 Å². The van der Waals surface area contributed by atoms with E-state index in [9.17, 15) is 0 Å². The Hall–Kier alpha value is -1.83. The summed E-state index contributed by atoms with van der Waals surface area (Å²) >= 11 is 0. The Morgan fingerprint density at radius 3 is 3.04 bits per heavy atom. The van der Waals surface area contributed by atoms with Crippen molar-refractivity contribution in [3.05, 3.63) is 30.4 Å². The molecular formula is C16H23N5O2. The molecule has 0 aromatic carbocycles. The molecule has 7 nitrogen and oxygen atoms in total. The molecule has 23 heavy (non-hydrogen) atoms. The Kier molecular flexibility index (Phi) is 5.32. The molecule has 7 heteroatoms. The van der Waals surface area contributed by atoms with Gasteiger partial charge in [0.15, 0.2) is 0 Å². The normalized spacial score (nSPS) is 20.0. The first-order valence-corrected chi connectivity index (χ1v) is 7.94. The van der Waals surface area contributed by atoms with Crippen LogP contribution in [0.25, 0.3) is 11.4 Å². The lowest BCUT2D eigenvalue weighted by Crippen LogP contribution is -2.52. The average molecular weight is 317 g/mol. The van der Waals surface area contributed by atoms with Crippen molar-refractivity contribution in [2.45, 2.75) is 19.5 Å². The molecule has 0 spiro atoms. The van der Waals surface area contributed by atoms with Gasteiger partial charge in [-0.2, -0.15) is 4.98 Å². The topological polar surface area (TPSA) is 67.5 Å². The summed E-state index contributed by atoms with van der Waals surface area (Å²) in [7, 11) is 1.75. The first-order chi connectivity index (χ1) is 11.3. The van der Waals surface area contributed by atoms with Crippen LogP contribution in [0.15, 0.2) is 29.0 Å². The third kappa shape index (κ3) is 4.13. The lowest BCUT2D eigenvalue weighted by atomic mass is 10.2. The Labute approximate surface area is 136 Å². The fraction of sp³-hybridized carbons (Fsp3) is 0.562. The molecule has 1 aliphatic rings. The first-order valence-electron chi connectivity index (χ1n) is 7.94. The van der Waals surface area contributed by atoms with Gasteiger partial charge in [0.05, 0.1) is 13.2 Å². The number of rotatable bonds is 6. The molecule has 2 aromatic heterocycles. The molecule has 1 fully saturated rings. The second kappa shape index (κ2) is 7.63. The Balaban J connectivity index is 1.56. The van der Waals surface area contributed by atoms with Gasteiger partial charge in [-0.05, 0) is 19.1 Å². The van der Waals surface area contributed by atoms with E-state index in [1.807, 2.05) is 12.1 Å². The SMILES string of the molecule is COCCN1CCN(Cc2nc(-c3cccnc3)no2)C[C@H]1C. The highest BCUT2D eigenvalue weighted by molar-refractivity contribution is 5.51. The number of pyridine rings is 1. The van der Waals surface area contributed by atoms with Crippen LogP contribution in [0.4, 0.5) is 0 Å². The van der Waals surface area contributed by atoms with Crippen LogP contribution in [0.1, 0.15) is 12.8 Å². The average Bonchev–Trinajstić information content (AvgIpc) is 3.03. The number of ether oxygens (including phenoxy) is 1. The Morgan fingerprint density at radius 1 is 1.39 bits per heavy atom. The first kappa shape index (κ1) is 16.0. The molecule has 1 saturated heterocycles. The van der Waals surface area contributed by atoms with Gasteiger partial charge in [-0.1, -0.05) is 5.16 Å². The van der Waals surface area contributed by atoms with Crippen LogP contribution in [-0.4, -0.2) is 70.9 Å². The van der Waals surface area contributed by atoms with E-state index in [1.165, 1.54) is 0 Å². The van der Waals surface area contributed by atoms with E-state index in [4.69, 9.17) is 9.26 Å². The zero-order valence-corrected chi connectivity index (χ0v) is 13.7. The highest BCUT2D eigenvalue weighted by atomic mass is 16.5. The van der Waals surface area contributed by atoms with Crippen LogP contribution < -0.4 is 0 Å². The highest BCUT2D eigenvalue weighted by Crippen LogP contribution is 2.16. The Morgan fingerprint density at radius 2 is 2.30 bits per heavy atom. The lowest BCUT2D eigenvalue weighted by Gasteiger charge is -2.39. The summed E-state index contributed by atoms with van der Waals surface area (Å²) in [6.45, 7) is 7.73. The van der Waals surface area contributed by atoms with Crippen molar-refractivity contribution < 1.29 is 9.26 Å². The van der Waals surface area contributed by atoms with Crippen LogP contribution >= 0.6 is 0 Å². The van der Waals surface area contributed by atoms with E-state index < -0.39 is 0 Å². The predicted molar refractivity (Wildman–Crippen MR) is 85.7 cm³/mol. The fourth-order valence-corrected chi connectivity index (χ4v) is 2.88. The van der Waals surface area contributed by atoms with E-state index in [1.54, 1.807) is 19.5 Å². The van der Waals surface area contributed by atoms with Crippen molar-refractivity contribution in [2.24, 2.45) is 0 Å². The molecule has 0 N–H and O–H groups in total. The number of nitrogens with zero attached hydrogens (tertiary/aromatic N) is 5. The summed E-state index contributed by atoms with van der Waals surface area (Å²) in [6.07, 6.45) is 3.47. The zero-order chi connectivity index (χ0) is 16.1. The standard InChI is InChI=1S/C16H23N5O2/c1-13-11-20(6-7-21(13)8-9-22-2)12-15-18-16(19-23-15)14-4-3-5-17-10-14/h3-5,10,13H,6-9,11-12H2,1-2H3/t13-/m1/s1. The van der Waals surface area contributed by atoms with E-state index in [-0.39, 0.29) is 0 Å². The van der Waals surface area contributed by atoms with Crippen LogP contribution in [0, 0.1) is 0 Å². The lowest BCUT2D eigenvalue weighted by molar-refractivity contribution is 0.0512. The number of methoxy groups -OCH3 is 1. The Bertz CT molecular complexity index is 604. The maximum Gasteiger partial charge on any atom is 0.241 e. The fourth-order valence-electron chi connectivity index (χ4n) is 2.88. The van der Waals surface area contributed by atoms with Gasteiger partial charge in [-0.25, -0.2) is 0 Å². The molecular weight excluding hydrogens is 294 g/mol. The molecule has 1 aliphatic heterocycles. The molecule has 0 aliphatic carbocycles. The molecule has 0 saturated carbocycles. The minimum atomic E-state index is 0.500. The minimum absolute atomic E-state index is 0.500. The second-order valence-electron chi connectivity index (χ2n) is 5.87. The van der Waals surface area contributed by atoms with Crippen LogP contribution in [-0.2, 0) is 11.3 Å². The van der Waals surface area contributed by atoms with Gasteiger partial charge < -0.3 is 9.26 Å². The second-order valence-corrected chi connectivity index (χ2v) is 5.87. The molecule has 3 rings (SSSR count). The predicted octanol–water partition coefficient (Wildman–Crippen LogP) is 1.28. The van der Waals surface area contributed by atoms with Crippen LogP contribution in [0.3, 0.4) is 0 Å². The van der Waals surface area contributed by atoms with E-state index in [0.29, 0.717) is 24.3 Å². The molecule has 124 valence electrons. The molecule has 3 heterocycles. The smallest absolute Gasteiger partial charge is 0.241 e. The molecule has 1 atom stereocenters. The summed E-state index contributed by atoms with van der Waals surface area (Å²) in [5, 5.41) is 4.05. The van der Waals surface area contributed by atoms with Crippen LogP contribution in [0.5, 0.6) is 0 Å². The van der Waals surface area contributed by atoms with Gasteiger partial charge in [0.2, 0.25) is 11.7 Å². The quantitative estimate of drug-likeness (QED) is 0.795. The maximum absolute atomic E-state index is 5.38. The van der Waals surface area contributed by atoms with Crippen molar-refractivity contribution in [3.8, 4) is 11.4 Å². The van der Waals surface area contributed by atoms with Gasteiger partial charge in [-0.15, -0.1) is 0 Å². The minimum Gasteiger partial charge on any atom is -0.383 e. The van der Waals surface area contributed by atoms with E-state index in [0.717, 1.165) is 38.3 Å². The van der Waals surface area contributed by atoms with Crippen molar-refractivity contribution >= 4 is 0 Å². The number of piperazine rings is 1. The zero-order valence-electron chi connectivity index (χ0n) is 13.7. The highest BCUT2D eigenvalue weighted by Gasteiger charge is 2.24. The third-order valence-electron chi connectivity index (χ3n) is 4.18. The van der Waals surface area contributed by atoms with E-state index in [2.05, 4.69) is 31.8 Å².